The smallest absolute Gasteiger partial charge is 0.258 e. The van der Waals surface area contributed by atoms with Gasteiger partial charge < -0.3 is 24.4 Å². The van der Waals surface area contributed by atoms with Crippen molar-refractivity contribution in [2.45, 2.75) is 51.3 Å². The normalized spacial score (nSPS) is 16.4. The van der Waals surface area contributed by atoms with E-state index in [0.29, 0.717) is 23.6 Å². The number of rotatable bonds is 7. The molecule has 0 atom stereocenters. The van der Waals surface area contributed by atoms with E-state index in [1.165, 1.54) is 0 Å². The first kappa shape index (κ1) is 23.4. The molecule has 1 aliphatic carbocycles. The van der Waals surface area contributed by atoms with E-state index < -0.39 is 0 Å². The molecule has 5 rings (SSSR count). The van der Waals surface area contributed by atoms with Crippen LogP contribution in [-0.4, -0.2) is 60.4 Å². The van der Waals surface area contributed by atoms with Gasteiger partial charge in [0.05, 0.1) is 31.4 Å². The Bertz CT molecular complexity index is 1230. The van der Waals surface area contributed by atoms with Gasteiger partial charge in [0.1, 0.15) is 17.3 Å². The van der Waals surface area contributed by atoms with Crippen molar-refractivity contribution in [3.63, 3.8) is 0 Å². The standard InChI is InChI=1S/C28H33N3O4/c1-18-5-4-6-19-15-20(27(29-26(18)19)30-13-11-22(32)12-14-30)17-31(21-7-8-21)28(33)24-10-9-23(34-2)16-25(24)35-3/h4-6,9-10,15-16,21-22,32H,7-8,11-14,17H2,1-3H3. The summed E-state index contributed by atoms with van der Waals surface area (Å²) in [4.78, 5) is 23.1. The zero-order valence-electron chi connectivity index (χ0n) is 20.7. The molecule has 1 saturated heterocycles. The molecule has 35 heavy (non-hydrogen) atoms. The molecule has 1 saturated carbocycles. The van der Waals surface area contributed by atoms with Crippen molar-refractivity contribution in [1.82, 2.24) is 9.88 Å². The minimum Gasteiger partial charge on any atom is -0.497 e. The van der Waals surface area contributed by atoms with Crippen LogP contribution in [0.3, 0.4) is 0 Å². The van der Waals surface area contributed by atoms with Crippen molar-refractivity contribution >= 4 is 22.6 Å². The number of piperidine rings is 1. The second-order valence-corrected chi connectivity index (χ2v) is 9.57. The van der Waals surface area contributed by atoms with Crippen LogP contribution in [0.2, 0.25) is 0 Å². The SMILES string of the molecule is COc1ccc(C(=O)N(Cc2cc3cccc(C)c3nc2N2CCC(O)CC2)C2CC2)c(OC)c1. The molecule has 184 valence electrons. The number of aliphatic hydroxyl groups excluding tert-OH is 1. The van der Waals surface area contributed by atoms with Crippen LogP contribution in [0.4, 0.5) is 5.82 Å². The van der Waals surface area contributed by atoms with Gasteiger partial charge in [-0.3, -0.25) is 4.79 Å². The largest absolute Gasteiger partial charge is 0.497 e. The van der Waals surface area contributed by atoms with E-state index in [4.69, 9.17) is 14.5 Å². The zero-order chi connectivity index (χ0) is 24.5. The second kappa shape index (κ2) is 9.74. The molecule has 0 bridgehead atoms. The molecule has 2 aromatic carbocycles. The number of fused-ring (bicyclic) bond motifs is 1. The highest BCUT2D eigenvalue weighted by Crippen LogP contribution is 2.35. The van der Waals surface area contributed by atoms with Gasteiger partial charge in [0, 0.05) is 42.7 Å². The van der Waals surface area contributed by atoms with Gasteiger partial charge in [-0.25, -0.2) is 4.98 Å². The summed E-state index contributed by atoms with van der Waals surface area (Å²) in [5.74, 6) is 2.03. The molecule has 0 spiro atoms. The summed E-state index contributed by atoms with van der Waals surface area (Å²) in [5.41, 5.74) is 3.68. The molecule has 2 heterocycles. The number of carbonyl (C=O) groups is 1. The minimum absolute atomic E-state index is 0.0450. The minimum atomic E-state index is -0.260. The lowest BCUT2D eigenvalue weighted by Gasteiger charge is -2.33. The lowest BCUT2D eigenvalue weighted by atomic mass is 10.0. The maximum absolute atomic E-state index is 13.8. The summed E-state index contributed by atoms with van der Waals surface area (Å²) >= 11 is 0. The topological polar surface area (TPSA) is 75.1 Å². The fraction of sp³-hybridized carbons (Fsp3) is 0.429. The van der Waals surface area contributed by atoms with Crippen molar-refractivity contribution in [2.75, 3.05) is 32.2 Å². The summed E-state index contributed by atoms with van der Waals surface area (Å²) in [6.45, 7) is 4.06. The van der Waals surface area contributed by atoms with Gasteiger partial charge in [0.2, 0.25) is 0 Å². The molecule has 1 aromatic heterocycles. The number of benzene rings is 2. The van der Waals surface area contributed by atoms with E-state index in [0.717, 1.165) is 66.6 Å². The predicted octanol–water partition coefficient (Wildman–Crippen LogP) is 4.33. The third kappa shape index (κ3) is 4.78. The molecule has 3 aromatic rings. The maximum Gasteiger partial charge on any atom is 0.258 e. The summed E-state index contributed by atoms with van der Waals surface area (Å²) in [6.07, 6.45) is 3.18. The van der Waals surface area contributed by atoms with E-state index in [1.807, 2.05) is 11.0 Å². The zero-order valence-corrected chi connectivity index (χ0v) is 20.7. The lowest BCUT2D eigenvalue weighted by Crippen LogP contribution is -2.38. The van der Waals surface area contributed by atoms with Gasteiger partial charge in [0.15, 0.2) is 0 Å². The van der Waals surface area contributed by atoms with Gasteiger partial charge in [-0.15, -0.1) is 0 Å². The van der Waals surface area contributed by atoms with Crippen molar-refractivity contribution < 1.29 is 19.4 Å². The maximum atomic E-state index is 13.8. The molecule has 1 aliphatic heterocycles. The van der Waals surface area contributed by atoms with Gasteiger partial charge in [-0.2, -0.15) is 0 Å². The summed E-state index contributed by atoms with van der Waals surface area (Å²) in [7, 11) is 3.17. The van der Waals surface area contributed by atoms with Crippen LogP contribution in [0.15, 0.2) is 42.5 Å². The van der Waals surface area contributed by atoms with Crippen LogP contribution >= 0.6 is 0 Å². The van der Waals surface area contributed by atoms with E-state index >= 15 is 0 Å². The average molecular weight is 476 g/mol. The third-order valence-electron chi connectivity index (χ3n) is 7.10. The number of pyridine rings is 1. The number of nitrogens with zero attached hydrogens (tertiary/aromatic N) is 3. The average Bonchev–Trinajstić information content (AvgIpc) is 3.72. The highest BCUT2D eigenvalue weighted by molar-refractivity contribution is 5.97. The number of hydrogen-bond donors (Lipinski definition) is 1. The van der Waals surface area contributed by atoms with Crippen molar-refractivity contribution in [3.8, 4) is 11.5 Å². The van der Waals surface area contributed by atoms with Crippen molar-refractivity contribution in [2.24, 2.45) is 0 Å². The quantitative estimate of drug-likeness (QED) is 0.548. The van der Waals surface area contributed by atoms with Crippen LogP contribution in [-0.2, 0) is 6.54 Å². The Kier molecular flexibility index (Phi) is 6.52. The van der Waals surface area contributed by atoms with E-state index in [1.54, 1.807) is 32.4 Å². The van der Waals surface area contributed by atoms with Crippen LogP contribution in [0.5, 0.6) is 11.5 Å². The Morgan fingerprint density at radius 3 is 2.54 bits per heavy atom. The Morgan fingerprint density at radius 2 is 1.86 bits per heavy atom. The third-order valence-corrected chi connectivity index (χ3v) is 7.10. The molecule has 1 N–H and O–H groups in total. The number of ether oxygens (including phenoxy) is 2. The van der Waals surface area contributed by atoms with Gasteiger partial charge in [0.25, 0.3) is 5.91 Å². The Balaban J connectivity index is 1.53. The predicted molar refractivity (Wildman–Crippen MR) is 136 cm³/mol. The van der Waals surface area contributed by atoms with Crippen LogP contribution in [0, 0.1) is 6.92 Å². The molecule has 0 unspecified atom stereocenters. The van der Waals surface area contributed by atoms with E-state index in [9.17, 15) is 9.90 Å². The number of aromatic nitrogens is 1. The van der Waals surface area contributed by atoms with E-state index in [2.05, 4.69) is 30.0 Å². The first-order chi connectivity index (χ1) is 17.0. The highest BCUT2D eigenvalue weighted by Gasteiger charge is 2.35. The number of anilines is 1. The van der Waals surface area contributed by atoms with Gasteiger partial charge >= 0.3 is 0 Å². The van der Waals surface area contributed by atoms with Gasteiger partial charge in [-0.1, -0.05) is 18.2 Å². The van der Waals surface area contributed by atoms with Crippen LogP contribution in [0.25, 0.3) is 10.9 Å². The van der Waals surface area contributed by atoms with Crippen LogP contribution < -0.4 is 14.4 Å². The molecule has 2 fully saturated rings. The lowest BCUT2D eigenvalue weighted by molar-refractivity contribution is 0.0726. The number of aryl methyl sites for hydroxylation is 1. The van der Waals surface area contributed by atoms with Crippen molar-refractivity contribution in [1.29, 1.82) is 0 Å². The molecular formula is C28H33N3O4. The fourth-order valence-electron chi connectivity index (χ4n) is 4.92. The van der Waals surface area contributed by atoms with Crippen molar-refractivity contribution in [3.05, 3.63) is 59.2 Å². The summed E-state index contributed by atoms with van der Waals surface area (Å²) in [6, 6.07) is 13.9. The van der Waals surface area contributed by atoms with Crippen LogP contribution in [0.1, 0.15) is 47.2 Å². The highest BCUT2D eigenvalue weighted by atomic mass is 16.5. The Hall–Kier alpha value is -3.32. The number of para-hydroxylation sites is 1. The summed E-state index contributed by atoms with van der Waals surface area (Å²) in [5, 5.41) is 11.1. The first-order valence-electron chi connectivity index (χ1n) is 12.3. The summed E-state index contributed by atoms with van der Waals surface area (Å²) < 4.78 is 10.8. The molecular weight excluding hydrogens is 442 g/mol. The molecule has 7 heteroatoms. The van der Waals surface area contributed by atoms with Gasteiger partial charge in [-0.05, 0) is 56.4 Å². The molecule has 1 amide bonds. The Morgan fingerprint density at radius 1 is 1.09 bits per heavy atom. The number of aliphatic hydroxyl groups is 1. The molecule has 7 nitrogen and oxygen atoms in total. The number of amides is 1. The second-order valence-electron chi connectivity index (χ2n) is 9.57. The fourth-order valence-corrected chi connectivity index (χ4v) is 4.92. The molecule has 2 aliphatic rings. The molecule has 0 radical (unpaired) electrons. The monoisotopic (exact) mass is 475 g/mol. The Labute approximate surface area is 206 Å². The first-order valence-corrected chi connectivity index (χ1v) is 12.3. The number of methoxy groups -OCH3 is 2. The number of carbonyl (C=O) groups excluding carboxylic acids is 1. The number of hydrogen-bond acceptors (Lipinski definition) is 6. The van der Waals surface area contributed by atoms with E-state index in [-0.39, 0.29) is 18.1 Å².